The Hall–Kier alpha value is -3.83. The molecular formula is C27H26N2O5S. The lowest BCUT2D eigenvalue weighted by molar-refractivity contribution is -0.119. The summed E-state index contributed by atoms with van der Waals surface area (Å²) in [7, 11) is -3.58. The Morgan fingerprint density at radius 1 is 1.06 bits per heavy atom. The summed E-state index contributed by atoms with van der Waals surface area (Å²) >= 11 is 0. The molecule has 1 unspecified atom stereocenters. The molecule has 180 valence electrons. The molecular weight excluding hydrogens is 464 g/mol. The Morgan fingerprint density at radius 2 is 1.77 bits per heavy atom. The van der Waals surface area contributed by atoms with Crippen LogP contribution in [0.2, 0.25) is 0 Å². The number of ether oxygens (including phenoxy) is 2. The van der Waals surface area contributed by atoms with Crippen LogP contribution in [0.15, 0.2) is 84.7 Å². The summed E-state index contributed by atoms with van der Waals surface area (Å²) in [6, 6.07) is 16.3. The topological polar surface area (TPSA) is 105 Å². The van der Waals surface area contributed by atoms with Crippen LogP contribution in [0.1, 0.15) is 42.7 Å². The van der Waals surface area contributed by atoms with Gasteiger partial charge < -0.3 is 9.47 Å². The van der Waals surface area contributed by atoms with Crippen LogP contribution in [0.4, 0.5) is 0 Å². The number of nitriles is 1. The number of benzene rings is 2. The normalized spacial score (nSPS) is 22.9. The van der Waals surface area contributed by atoms with E-state index in [4.69, 9.17) is 14.7 Å². The van der Waals surface area contributed by atoms with Crippen LogP contribution in [-0.2, 0) is 14.8 Å². The van der Waals surface area contributed by atoms with Gasteiger partial charge in [-0.05, 0) is 66.5 Å². The van der Waals surface area contributed by atoms with Crippen molar-refractivity contribution in [2.24, 2.45) is 0 Å². The zero-order valence-electron chi connectivity index (χ0n) is 19.1. The number of nitrogens with one attached hydrogen (secondary N) is 1. The van der Waals surface area contributed by atoms with Crippen molar-refractivity contribution in [1.82, 2.24) is 4.72 Å². The van der Waals surface area contributed by atoms with Gasteiger partial charge in [-0.2, -0.15) is 5.26 Å². The molecule has 1 aliphatic heterocycles. The molecule has 2 aromatic carbocycles. The van der Waals surface area contributed by atoms with E-state index >= 15 is 0 Å². The third-order valence-electron chi connectivity index (χ3n) is 5.89. The second-order valence-electron chi connectivity index (χ2n) is 8.59. The van der Waals surface area contributed by atoms with Crippen molar-refractivity contribution in [2.75, 3.05) is 5.75 Å². The van der Waals surface area contributed by atoms with Crippen LogP contribution in [-0.4, -0.2) is 26.2 Å². The van der Waals surface area contributed by atoms with Crippen molar-refractivity contribution in [2.45, 2.75) is 37.7 Å². The first-order valence-corrected chi connectivity index (χ1v) is 13.0. The van der Waals surface area contributed by atoms with Crippen LogP contribution in [0.25, 0.3) is 0 Å². The van der Waals surface area contributed by atoms with Crippen molar-refractivity contribution in [3.8, 4) is 17.6 Å². The molecule has 0 saturated carbocycles. The molecule has 1 N–H and O–H groups in total. The van der Waals surface area contributed by atoms with Gasteiger partial charge in [-0.15, -0.1) is 0 Å². The maximum atomic E-state index is 11.8. The van der Waals surface area contributed by atoms with Crippen molar-refractivity contribution < 1.29 is 22.7 Å². The zero-order chi connectivity index (χ0) is 24.8. The number of rotatable bonds is 5. The average molecular weight is 491 g/mol. The minimum Gasteiger partial charge on any atom is -0.490 e. The zero-order valence-corrected chi connectivity index (χ0v) is 20.0. The van der Waals surface area contributed by atoms with Crippen molar-refractivity contribution in [3.05, 3.63) is 95.8 Å². The van der Waals surface area contributed by atoms with E-state index in [1.165, 1.54) is 0 Å². The quantitative estimate of drug-likeness (QED) is 0.662. The van der Waals surface area contributed by atoms with E-state index in [9.17, 15) is 13.2 Å². The first kappa shape index (κ1) is 24.3. The molecule has 35 heavy (non-hydrogen) atoms. The molecule has 0 bridgehead atoms. The Bertz CT molecular complexity index is 1300. The van der Waals surface area contributed by atoms with E-state index in [1.807, 2.05) is 47.2 Å². The molecule has 4 rings (SSSR count). The van der Waals surface area contributed by atoms with Crippen LogP contribution in [0.3, 0.4) is 0 Å². The second-order valence-corrected chi connectivity index (χ2v) is 10.4. The summed E-state index contributed by atoms with van der Waals surface area (Å²) in [5.74, 6) is 1.05. The molecule has 8 heteroatoms. The smallest absolute Gasteiger partial charge is 0.235 e. The number of allylic oxidation sites excluding steroid dienone is 3. The van der Waals surface area contributed by atoms with Crippen LogP contribution in [0, 0.1) is 11.3 Å². The van der Waals surface area contributed by atoms with Gasteiger partial charge in [0.25, 0.3) is 0 Å². The fourth-order valence-electron chi connectivity index (χ4n) is 4.05. The van der Waals surface area contributed by atoms with E-state index in [0.717, 1.165) is 17.6 Å². The van der Waals surface area contributed by atoms with E-state index in [1.54, 1.807) is 24.3 Å². The summed E-state index contributed by atoms with van der Waals surface area (Å²) in [6.45, 7) is 4.17. The molecule has 0 spiro atoms. The largest absolute Gasteiger partial charge is 0.490 e. The Kier molecular flexibility index (Phi) is 7.37. The predicted molar refractivity (Wildman–Crippen MR) is 132 cm³/mol. The van der Waals surface area contributed by atoms with Crippen molar-refractivity contribution in [3.63, 3.8) is 0 Å². The van der Waals surface area contributed by atoms with Gasteiger partial charge in [0.05, 0.1) is 17.4 Å². The summed E-state index contributed by atoms with van der Waals surface area (Å²) < 4.78 is 37.9. The first-order chi connectivity index (χ1) is 16.8. The highest BCUT2D eigenvalue weighted by Crippen LogP contribution is 2.28. The summed E-state index contributed by atoms with van der Waals surface area (Å²) in [6.07, 6.45) is 8.02. The van der Waals surface area contributed by atoms with E-state index < -0.39 is 15.9 Å². The van der Waals surface area contributed by atoms with Gasteiger partial charge in [0.2, 0.25) is 15.9 Å². The molecule has 0 radical (unpaired) electrons. The highest BCUT2D eigenvalue weighted by Gasteiger charge is 2.30. The predicted octanol–water partition coefficient (Wildman–Crippen LogP) is 4.50. The second kappa shape index (κ2) is 10.6. The number of hydrogen-bond acceptors (Lipinski definition) is 6. The molecule has 2 aromatic rings. The Balaban J connectivity index is 1.36. The maximum absolute atomic E-state index is 11.8. The highest BCUT2D eigenvalue weighted by atomic mass is 32.2. The lowest BCUT2D eigenvalue weighted by Gasteiger charge is -2.23. The molecule has 2 atom stereocenters. The van der Waals surface area contributed by atoms with E-state index in [-0.39, 0.29) is 24.2 Å². The third-order valence-corrected chi connectivity index (χ3v) is 7.27. The minimum absolute atomic E-state index is 0.0719. The summed E-state index contributed by atoms with van der Waals surface area (Å²) in [5.41, 5.74) is 2.22. The first-order valence-electron chi connectivity index (χ1n) is 11.3. The minimum atomic E-state index is -3.58. The van der Waals surface area contributed by atoms with E-state index in [2.05, 4.69) is 12.6 Å². The fourth-order valence-corrected chi connectivity index (χ4v) is 5.40. The summed E-state index contributed by atoms with van der Waals surface area (Å²) in [5, 5.41) is 8.95. The SMILES string of the molecule is C=C1CC[C@@H](Oc2ccc(C3CC(=O)NS(=O)(=O)C3)cc2)C/C=C\C=C1Oc1ccc(C#N)cc1. The number of sulfonamides is 1. The number of amides is 1. The molecule has 1 fully saturated rings. The summed E-state index contributed by atoms with van der Waals surface area (Å²) in [4.78, 5) is 11.7. The maximum Gasteiger partial charge on any atom is 0.235 e. The van der Waals surface area contributed by atoms with Crippen molar-refractivity contribution in [1.29, 1.82) is 5.26 Å². The third kappa shape index (κ3) is 6.61. The Morgan fingerprint density at radius 3 is 2.46 bits per heavy atom. The van der Waals surface area contributed by atoms with Crippen molar-refractivity contribution >= 4 is 15.9 Å². The standard InChI is InChI=1S/C27H26N2O5S/c1-19-6-11-23(4-2-3-5-26(19)34-25-12-7-20(17-28)8-13-25)33-24-14-9-21(10-15-24)22-16-27(30)29-35(31,32)18-22/h2-3,5,7-10,12-15,22-23H,1,4,6,11,16,18H2,(H,29,30)/b3-2-,26-5?/t22?,23-/m0/s1. The van der Waals surface area contributed by atoms with Gasteiger partial charge >= 0.3 is 0 Å². The monoisotopic (exact) mass is 490 g/mol. The van der Waals surface area contributed by atoms with Gasteiger partial charge in [0, 0.05) is 18.8 Å². The van der Waals surface area contributed by atoms with Gasteiger partial charge in [-0.25, -0.2) is 8.42 Å². The highest BCUT2D eigenvalue weighted by molar-refractivity contribution is 7.90. The molecule has 1 saturated heterocycles. The lowest BCUT2D eigenvalue weighted by atomic mass is 9.97. The van der Waals surface area contributed by atoms with Gasteiger partial charge in [-0.1, -0.05) is 30.9 Å². The van der Waals surface area contributed by atoms with Gasteiger partial charge in [-0.3, -0.25) is 9.52 Å². The number of hydrogen-bond donors (Lipinski definition) is 1. The molecule has 1 heterocycles. The van der Waals surface area contributed by atoms with Gasteiger partial charge in [0.1, 0.15) is 23.4 Å². The molecule has 1 amide bonds. The lowest BCUT2D eigenvalue weighted by Crippen LogP contribution is -2.40. The van der Waals surface area contributed by atoms with Crippen LogP contribution < -0.4 is 14.2 Å². The number of nitrogens with zero attached hydrogens (tertiary/aromatic N) is 1. The van der Waals surface area contributed by atoms with Crippen LogP contribution >= 0.6 is 0 Å². The fraction of sp³-hybridized carbons (Fsp3) is 0.259. The molecule has 1 aliphatic carbocycles. The molecule has 2 aliphatic rings. The average Bonchev–Trinajstić information content (AvgIpc) is 2.91. The number of carbonyl (C=O) groups is 1. The number of carbonyl (C=O) groups excluding carboxylic acids is 1. The van der Waals surface area contributed by atoms with Gasteiger partial charge in [0.15, 0.2) is 0 Å². The van der Waals surface area contributed by atoms with E-state index in [0.29, 0.717) is 35.7 Å². The van der Waals surface area contributed by atoms with Crippen LogP contribution in [0.5, 0.6) is 11.5 Å². The molecule has 0 aromatic heterocycles. The molecule has 7 nitrogen and oxygen atoms in total. The Labute approximate surface area is 205 Å².